The number of hydrogen-bond acceptors (Lipinski definition) is 2. The van der Waals surface area contributed by atoms with E-state index < -0.39 is 5.60 Å². The zero-order valence-electron chi connectivity index (χ0n) is 11.6. The van der Waals surface area contributed by atoms with E-state index in [1.807, 2.05) is 20.9 Å². The van der Waals surface area contributed by atoms with Gasteiger partial charge in [0.15, 0.2) is 0 Å². The largest absolute Gasteiger partial charge is 0.389 e. The summed E-state index contributed by atoms with van der Waals surface area (Å²) in [5, 5.41) is 11.1. The first-order valence-electron chi connectivity index (χ1n) is 6.31. The molecule has 2 rings (SSSR count). The Balaban J connectivity index is 2.22. The van der Waals surface area contributed by atoms with Gasteiger partial charge in [0.1, 0.15) is 0 Å². The fraction of sp³-hybridized carbons (Fsp3) is 0.467. The van der Waals surface area contributed by atoms with Crippen molar-refractivity contribution in [2.75, 3.05) is 13.6 Å². The van der Waals surface area contributed by atoms with Crippen LogP contribution in [0, 0.1) is 0 Å². The lowest BCUT2D eigenvalue weighted by Crippen LogP contribution is -2.35. The third-order valence-electron chi connectivity index (χ3n) is 3.08. The first-order chi connectivity index (χ1) is 8.37. The van der Waals surface area contributed by atoms with Crippen LogP contribution in [0.1, 0.15) is 19.4 Å². The molecule has 2 aromatic rings. The van der Waals surface area contributed by atoms with E-state index in [9.17, 15) is 5.11 Å². The first kappa shape index (κ1) is 13.1. The number of rotatable bonds is 4. The van der Waals surface area contributed by atoms with Gasteiger partial charge in [-0.15, -0.1) is 0 Å². The number of fused-ring (bicyclic) bond motifs is 1. The minimum Gasteiger partial charge on any atom is -0.389 e. The molecule has 3 heteroatoms. The summed E-state index contributed by atoms with van der Waals surface area (Å²) in [6.07, 6.45) is 2.17. The van der Waals surface area contributed by atoms with Crippen LogP contribution in [0.5, 0.6) is 0 Å². The lowest BCUT2D eigenvalue weighted by molar-refractivity contribution is 0.0426. The lowest BCUT2D eigenvalue weighted by Gasteiger charge is -2.25. The summed E-state index contributed by atoms with van der Waals surface area (Å²) in [5.41, 5.74) is 1.91. The second kappa shape index (κ2) is 4.75. The van der Waals surface area contributed by atoms with Crippen molar-refractivity contribution in [2.45, 2.75) is 26.0 Å². The van der Waals surface area contributed by atoms with Gasteiger partial charge in [-0.3, -0.25) is 4.90 Å². The molecule has 1 aromatic carbocycles. The second-order valence-corrected chi connectivity index (χ2v) is 5.77. The molecule has 1 heterocycles. The number of para-hydroxylation sites is 1. The molecule has 0 fully saturated rings. The maximum atomic E-state index is 9.84. The summed E-state index contributed by atoms with van der Waals surface area (Å²) in [4.78, 5) is 2.15. The normalized spacial score (nSPS) is 12.6. The number of hydrogen-bond donors (Lipinski definition) is 1. The molecule has 0 spiro atoms. The second-order valence-electron chi connectivity index (χ2n) is 5.77. The van der Waals surface area contributed by atoms with Gasteiger partial charge < -0.3 is 9.67 Å². The van der Waals surface area contributed by atoms with Crippen molar-refractivity contribution in [1.82, 2.24) is 9.47 Å². The van der Waals surface area contributed by atoms with Crippen LogP contribution in [-0.4, -0.2) is 33.8 Å². The van der Waals surface area contributed by atoms with Crippen LogP contribution in [0.25, 0.3) is 10.9 Å². The Bertz CT molecular complexity index is 537. The van der Waals surface area contributed by atoms with Crippen LogP contribution in [0.3, 0.4) is 0 Å². The highest BCUT2D eigenvalue weighted by Crippen LogP contribution is 2.21. The predicted octanol–water partition coefficient (Wildman–Crippen LogP) is 2.38. The third-order valence-corrected chi connectivity index (χ3v) is 3.08. The van der Waals surface area contributed by atoms with Crippen molar-refractivity contribution in [3.63, 3.8) is 0 Å². The summed E-state index contributed by atoms with van der Waals surface area (Å²) < 4.78 is 2.16. The van der Waals surface area contributed by atoms with E-state index in [0.717, 1.165) is 6.54 Å². The first-order valence-corrected chi connectivity index (χ1v) is 6.31. The Morgan fingerprint density at radius 2 is 1.94 bits per heavy atom. The summed E-state index contributed by atoms with van der Waals surface area (Å²) in [7, 11) is 4.11. The van der Waals surface area contributed by atoms with Crippen molar-refractivity contribution in [3.05, 3.63) is 36.0 Å². The molecular formula is C15H22N2O. The number of aryl methyl sites for hydroxylation is 1. The van der Waals surface area contributed by atoms with E-state index in [2.05, 4.69) is 47.0 Å². The van der Waals surface area contributed by atoms with Gasteiger partial charge in [0, 0.05) is 37.2 Å². The topological polar surface area (TPSA) is 28.4 Å². The smallest absolute Gasteiger partial charge is 0.0718 e. The number of aromatic nitrogens is 1. The van der Waals surface area contributed by atoms with Gasteiger partial charge in [-0.2, -0.15) is 0 Å². The molecule has 0 aliphatic rings. The Hall–Kier alpha value is -1.32. The quantitative estimate of drug-likeness (QED) is 0.897. The lowest BCUT2D eigenvalue weighted by atomic mass is 10.1. The van der Waals surface area contributed by atoms with Gasteiger partial charge in [-0.1, -0.05) is 18.2 Å². The highest BCUT2D eigenvalue weighted by molar-refractivity contribution is 5.83. The molecule has 0 aliphatic carbocycles. The minimum absolute atomic E-state index is 0.653. The zero-order valence-corrected chi connectivity index (χ0v) is 11.6. The van der Waals surface area contributed by atoms with Gasteiger partial charge in [0.25, 0.3) is 0 Å². The van der Waals surface area contributed by atoms with Crippen molar-refractivity contribution < 1.29 is 5.11 Å². The van der Waals surface area contributed by atoms with E-state index in [1.54, 1.807) is 0 Å². The van der Waals surface area contributed by atoms with Crippen LogP contribution < -0.4 is 0 Å². The van der Waals surface area contributed by atoms with E-state index in [-0.39, 0.29) is 0 Å². The molecule has 0 radical (unpaired) electrons. The molecule has 0 saturated heterocycles. The Labute approximate surface area is 109 Å². The molecular weight excluding hydrogens is 224 g/mol. The number of likely N-dealkylation sites (N-methyl/N-ethyl adjacent to an activating group) is 1. The van der Waals surface area contributed by atoms with E-state index in [4.69, 9.17) is 0 Å². The van der Waals surface area contributed by atoms with Gasteiger partial charge in [0.05, 0.1) is 5.60 Å². The molecule has 0 unspecified atom stereocenters. The molecule has 3 nitrogen and oxygen atoms in total. The van der Waals surface area contributed by atoms with Crippen LogP contribution in [0.15, 0.2) is 30.5 Å². The fourth-order valence-corrected chi connectivity index (χ4v) is 2.56. The molecule has 1 aromatic heterocycles. The Morgan fingerprint density at radius 1 is 1.28 bits per heavy atom. The van der Waals surface area contributed by atoms with E-state index in [1.165, 1.54) is 16.5 Å². The number of benzene rings is 1. The summed E-state index contributed by atoms with van der Waals surface area (Å²) in [6, 6.07) is 8.42. The third kappa shape index (κ3) is 2.92. The Morgan fingerprint density at radius 3 is 2.61 bits per heavy atom. The Kier molecular flexibility index (Phi) is 3.46. The molecule has 0 bridgehead atoms. The predicted molar refractivity (Wildman–Crippen MR) is 75.6 cm³/mol. The number of aliphatic hydroxyl groups is 1. The van der Waals surface area contributed by atoms with Gasteiger partial charge in [-0.25, -0.2) is 0 Å². The van der Waals surface area contributed by atoms with Crippen molar-refractivity contribution >= 4 is 10.9 Å². The average molecular weight is 246 g/mol. The highest BCUT2D eigenvalue weighted by Gasteiger charge is 2.16. The summed E-state index contributed by atoms with van der Waals surface area (Å²) >= 11 is 0. The number of nitrogens with zero attached hydrogens (tertiary/aromatic N) is 2. The average Bonchev–Trinajstić information content (AvgIpc) is 2.54. The van der Waals surface area contributed by atoms with Gasteiger partial charge >= 0.3 is 0 Å². The molecule has 0 atom stereocenters. The summed E-state index contributed by atoms with van der Waals surface area (Å²) in [5.74, 6) is 0. The molecule has 18 heavy (non-hydrogen) atoms. The zero-order chi connectivity index (χ0) is 13.3. The molecule has 0 amide bonds. The standard InChI is InChI=1S/C15H22N2O/c1-15(2,18)11-16(3)9-12-10-17(4)14-8-6-5-7-13(12)14/h5-8,10,18H,9,11H2,1-4H3. The van der Waals surface area contributed by atoms with Crippen LogP contribution in [0.4, 0.5) is 0 Å². The van der Waals surface area contributed by atoms with Crippen molar-refractivity contribution in [1.29, 1.82) is 0 Å². The SMILES string of the molecule is CN(Cc1cn(C)c2ccccc12)CC(C)(C)O. The maximum Gasteiger partial charge on any atom is 0.0718 e. The van der Waals surface area contributed by atoms with Gasteiger partial charge in [-0.05, 0) is 32.5 Å². The highest BCUT2D eigenvalue weighted by atomic mass is 16.3. The monoisotopic (exact) mass is 246 g/mol. The minimum atomic E-state index is -0.653. The van der Waals surface area contributed by atoms with Gasteiger partial charge in [0.2, 0.25) is 0 Å². The van der Waals surface area contributed by atoms with Crippen molar-refractivity contribution in [2.24, 2.45) is 7.05 Å². The maximum absolute atomic E-state index is 9.84. The van der Waals surface area contributed by atoms with Crippen molar-refractivity contribution in [3.8, 4) is 0 Å². The molecule has 1 N–H and O–H groups in total. The van der Waals surface area contributed by atoms with Crippen LogP contribution in [0.2, 0.25) is 0 Å². The summed E-state index contributed by atoms with van der Waals surface area (Å²) in [6.45, 7) is 5.20. The molecule has 0 aliphatic heterocycles. The fourth-order valence-electron chi connectivity index (χ4n) is 2.56. The van der Waals surface area contributed by atoms with E-state index in [0.29, 0.717) is 6.54 Å². The van der Waals surface area contributed by atoms with E-state index >= 15 is 0 Å². The van der Waals surface area contributed by atoms with Crippen LogP contribution in [-0.2, 0) is 13.6 Å². The molecule has 98 valence electrons. The molecule has 0 saturated carbocycles. The van der Waals surface area contributed by atoms with Crippen LogP contribution >= 0.6 is 0 Å².